The molecule has 1 unspecified atom stereocenters. The Hall–Kier alpha value is -1.88. The Labute approximate surface area is 111 Å². The van der Waals surface area contributed by atoms with E-state index in [9.17, 15) is 4.79 Å². The van der Waals surface area contributed by atoms with Crippen molar-refractivity contribution < 1.29 is 19.4 Å². The van der Waals surface area contributed by atoms with E-state index < -0.39 is 5.60 Å². The van der Waals surface area contributed by atoms with E-state index in [1.807, 2.05) is 0 Å². The summed E-state index contributed by atoms with van der Waals surface area (Å²) in [4.78, 5) is 12.2. The number of aliphatic hydroxyl groups excluding tert-OH is 1. The van der Waals surface area contributed by atoms with Crippen molar-refractivity contribution >= 4 is 11.5 Å². The molecule has 0 radical (unpaired) electrons. The predicted octanol–water partition coefficient (Wildman–Crippen LogP) is 1.82. The Morgan fingerprint density at radius 3 is 2.84 bits per heavy atom. The van der Waals surface area contributed by atoms with Crippen molar-refractivity contribution in [2.75, 3.05) is 13.7 Å². The molecule has 1 aliphatic heterocycles. The van der Waals surface area contributed by atoms with Crippen LogP contribution in [0.4, 0.5) is 0 Å². The first-order valence-corrected chi connectivity index (χ1v) is 6.13. The van der Waals surface area contributed by atoms with Gasteiger partial charge in [0.2, 0.25) is 5.78 Å². The third kappa shape index (κ3) is 2.33. The third-order valence-electron chi connectivity index (χ3n) is 3.33. The van der Waals surface area contributed by atoms with Crippen molar-refractivity contribution in [3.05, 3.63) is 23.8 Å². The highest BCUT2D eigenvalue weighted by molar-refractivity contribution is 6.48. The summed E-state index contributed by atoms with van der Waals surface area (Å²) < 4.78 is 10.9. The predicted molar refractivity (Wildman–Crippen MR) is 70.4 cm³/mol. The second-order valence-corrected chi connectivity index (χ2v) is 4.73. The molecule has 5 nitrogen and oxygen atoms in total. The molecule has 5 heteroatoms. The highest BCUT2D eigenvalue weighted by Gasteiger charge is 2.41. The zero-order valence-electron chi connectivity index (χ0n) is 11.0. The Morgan fingerprint density at radius 2 is 2.21 bits per heavy atom. The van der Waals surface area contributed by atoms with E-state index in [0.717, 1.165) is 0 Å². The van der Waals surface area contributed by atoms with Crippen molar-refractivity contribution in [1.29, 1.82) is 5.41 Å². The van der Waals surface area contributed by atoms with E-state index in [4.69, 9.17) is 20.0 Å². The lowest BCUT2D eigenvalue weighted by Gasteiger charge is -2.35. The molecule has 0 spiro atoms. The minimum atomic E-state index is -0.971. The van der Waals surface area contributed by atoms with Crippen molar-refractivity contribution in [2.45, 2.75) is 25.4 Å². The van der Waals surface area contributed by atoms with Crippen LogP contribution in [0.2, 0.25) is 0 Å². The second kappa shape index (κ2) is 5.01. The number of benzene rings is 1. The zero-order valence-corrected chi connectivity index (χ0v) is 11.0. The molecule has 0 fully saturated rings. The van der Waals surface area contributed by atoms with Gasteiger partial charge in [-0.05, 0) is 38.0 Å². The first-order valence-electron chi connectivity index (χ1n) is 6.13. The number of hydrogen-bond donors (Lipinski definition) is 2. The molecule has 1 heterocycles. The Morgan fingerprint density at radius 1 is 1.47 bits per heavy atom. The lowest BCUT2D eigenvalue weighted by Crippen LogP contribution is -2.48. The summed E-state index contributed by atoms with van der Waals surface area (Å²) in [5.41, 5.74) is -0.700. The maximum Gasteiger partial charge on any atom is 0.214 e. The molecule has 0 saturated heterocycles. The number of fused-ring (bicyclic) bond motifs is 1. The number of nitrogens with one attached hydrogen (secondary N) is 1. The first-order chi connectivity index (χ1) is 9.01. The van der Waals surface area contributed by atoms with Crippen LogP contribution in [0, 0.1) is 5.41 Å². The third-order valence-corrected chi connectivity index (χ3v) is 3.33. The van der Waals surface area contributed by atoms with Gasteiger partial charge >= 0.3 is 0 Å². The summed E-state index contributed by atoms with van der Waals surface area (Å²) in [6.07, 6.45) is 0.914. The standard InChI is InChI=1S/C14H17NO4/c1-14(6-3-7-16)13(15)12(17)10-8-9(18-2)4-5-11(10)19-14/h4-5,8,15-16H,3,6-7H2,1-2H3. The summed E-state index contributed by atoms with van der Waals surface area (Å²) >= 11 is 0. The van der Waals surface area contributed by atoms with Gasteiger partial charge in [-0.25, -0.2) is 0 Å². The maximum atomic E-state index is 12.2. The highest BCUT2D eigenvalue weighted by Crippen LogP contribution is 2.35. The highest BCUT2D eigenvalue weighted by atomic mass is 16.5. The van der Waals surface area contributed by atoms with Gasteiger partial charge in [0.05, 0.1) is 12.7 Å². The van der Waals surface area contributed by atoms with Gasteiger partial charge in [-0.1, -0.05) is 0 Å². The van der Waals surface area contributed by atoms with Crippen LogP contribution in [0.5, 0.6) is 11.5 Å². The van der Waals surface area contributed by atoms with Crippen LogP contribution in [0.25, 0.3) is 0 Å². The van der Waals surface area contributed by atoms with Crippen molar-refractivity contribution in [1.82, 2.24) is 0 Å². The van der Waals surface area contributed by atoms with Gasteiger partial charge < -0.3 is 14.6 Å². The van der Waals surface area contributed by atoms with Gasteiger partial charge in [-0.2, -0.15) is 0 Å². The van der Waals surface area contributed by atoms with Crippen LogP contribution >= 0.6 is 0 Å². The molecule has 1 aromatic carbocycles. The average molecular weight is 263 g/mol. The molecule has 0 bridgehead atoms. The van der Waals surface area contributed by atoms with Crippen LogP contribution in [-0.2, 0) is 0 Å². The lowest BCUT2D eigenvalue weighted by atomic mass is 9.86. The van der Waals surface area contributed by atoms with E-state index in [2.05, 4.69) is 0 Å². The molecule has 0 aliphatic carbocycles. The molecule has 102 valence electrons. The number of ether oxygens (including phenoxy) is 2. The number of carbonyl (C=O) groups excluding carboxylic acids is 1. The van der Waals surface area contributed by atoms with Crippen molar-refractivity contribution in [3.8, 4) is 11.5 Å². The summed E-state index contributed by atoms with van der Waals surface area (Å²) in [5, 5.41) is 16.9. The summed E-state index contributed by atoms with van der Waals surface area (Å²) in [6.45, 7) is 1.71. The SMILES string of the molecule is COc1ccc2c(c1)C(=O)C(=N)C(C)(CCCO)O2. The number of aliphatic hydroxyl groups is 1. The van der Waals surface area contributed by atoms with Crippen molar-refractivity contribution in [3.63, 3.8) is 0 Å². The lowest BCUT2D eigenvalue weighted by molar-refractivity contribution is 0.0918. The molecule has 1 aromatic rings. The molecule has 0 aromatic heterocycles. The molecular formula is C14H17NO4. The van der Waals surface area contributed by atoms with Gasteiger partial charge in [0.1, 0.15) is 17.2 Å². The molecule has 0 saturated carbocycles. The molecule has 0 amide bonds. The quantitative estimate of drug-likeness (QED) is 0.868. The number of hydrogen-bond acceptors (Lipinski definition) is 5. The molecule has 2 rings (SSSR count). The summed E-state index contributed by atoms with van der Waals surface area (Å²) in [6, 6.07) is 4.97. The topological polar surface area (TPSA) is 79.6 Å². The van der Waals surface area contributed by atoms with E-state index in [1.165, 1.54) is 7.11 Å². The van der Waals surface area contributed by atoms with Crippen LogP contribution < -0.4 is 9.47 Å². The van der Waals surface area contributed by atoms with Gasteiger partial charge in [0.15, 0.2) is 5.60 Å². The molecular weight excluding hydrogens is 246 g/mol. The largest absolute Gasteiger partial charge is 0.497 e. The minimum absolute atomic E-state index is 0.00981. The summed E-state index contributed by atoms with van der Waals surface area (Å²) in [7, 11) is 1.52. The Kier molecular flexibility index (Phi) is 3.57. The van der Waals surface area contributed by atoms with Crippen LogP contribution in [0.3, 0.4) is 0 Å². The Bertz CT molecular complexity index is 526. The van der Waals surface area contributed by atoms with Crippen molar-refractivity contribution in [2.24, 2.45) is 0 Å². The minimum Gasteiger partial charge on any atom is -0.497 e. The number of rotatable bonds is 4. The van der Waals surface area contributed by atoms with Gasteiger partial charge in [-0.3, -0.25) is 10.2 Å². The second-order valence-electron chi connectivity index (χ2n) is 4.73. The number of ketones is 1. The van der Waals surface area contributed by atoms with E-state index in [-0.39, 0.29) is 18.1 Å². The molecule has 1 atom stereocenters. The van der Waals surface area contributed by atoms with Crippen LogP contribution in [0.1, 0.15) is 30.1 Å². The fourth-order valence-electron chi connectivity index (χ4n) is 2.16. The van der Waals surface area contributed by atoms with E-state index in [1.54, 1.807) is 25.1 Å². The number of carbonyl (C=O) groups is 1. The van der Waals surface area contributed by atoms with Crippen LogP contribution in [-0.4, -0.2) is 35.9 Å². The zero-order chi connectivity index (χ0) is 14.0. The summed E-state index contributed by atoms with van der Waals surface area (Å²) in [5.74, 6) is 0.672. The van der Waals surface area contributed by atoms with E-state index in [0.29, 0.717) is 29.9 Å². The van der Waals surface area contributed by atoms with Gasteiger partial charge in [0, 0.05) is 6.61 Å². The molecule has 19 heavy (non-hydrogen) atoms. The average Bonchev–Trinajstić information content (AvgIpc) is 2.43. The molecule has 1 aliphatic rings. The Balaban J connectivity index is 2.38. The maximum absolute atomic E-state index is 12.2. The fraction of sp³-hybridized carbons (Fsp3) is 0.429. The fourth-order valence-corrected chi connectivity index (χ4v) is 2.16. The normalized spacial score (nSPS) is 21.8. The monoisotopic (exact) mass is 263 g/mol. The number of methoxy groups -OCH3 is 1. The van der Waals surface area contributed by atoms with Crippen LogP contribution in [0.15, 0.2) is 18.2 Å². The van der Waals surface area contributed by atoms with Gasteiger partial charge in [-0.15, -0.1) is 0 Å². The first kappa shape index (κ1) is 13.5. The smallest absolute Gasteiger partial charge is 0.214 e. The number of Topliss-reactive ketones (excluding diaryl/α,β-unsaturated/α-hetero) is 1. The van der Waals surface area contributed by atoms with Gasteiger partial charge in [0.25, 0.3) is 0 Å². The molecule has 2 N–H and O–H groups in total. The van der Waals surface area contributed by atoms with E-state index >= 15 is 0 Å².